The van der Waals surface area contributed by atoms with Crippen molar-refractivity contribution in [2.75, 3.05) is 13.7 Å². The van der Waals surface area contributed by atoms with Crippen LogP contribution in [0.4, 0.5) is 4.79 Å². The van der Waals surface area contributed by atoms with Crippen LogP contribution in [-0.4, -0.2) is 30.6 Å². The van der Waals surface area contributed by atoms with Gasteiger partial charge in [0.15, 0.2) is 6.67 Å². The fourth-order valence-electron chi connectivity index (χ4n) is 3.23. The van der Waals surface area contributed by atoms with Gasteiger partial charge < -0.3 is 10.2 Å². The van der Waals surface area contributed by atoms with E-state index < -0.39 is 5.54 Å². The first-order chi connectivity index (χ1) is 12.4. The number of imide groups is 1. The van der Waals surface area contributed by atoms with Gasteiger partial charge in [-0.15, -0.1) is 11.3 Å². The number of quaternary nitrogens is 1. The van der Waals surface area contributed by atoms with Crippen molar-refractivity contribution < 1.29 is 14.5 Å². The van der Waals surface area contributed by atoms with Gasteiger partial charge in [-0.1, -0.05) is 42.3 Å². The summed E-state index contributed by atoms with van der Waals surface area (Å²) in [6, 6.07) is 10.5. The molecule has 8 heteroatoms. The van der Waals surface area contributed by atoms with Crippen LogP contribution in [0.1, 0.15) is 23.8 Å². The Morgan fingerprint density at radius 1 is 1.23 bits per heavy atom. The van der Waals surface area contributed by atoms with Crippen molar-refractivity contribution in [1.82, 2.24) is 10.2 Å². The number of rotatable bonds is 6. The third-order valence-corrected chi connectivity index (χ3v) is 6.02. The zero-order valence-electron chi connectivity index (χ0n) is 14.5. The SMILES string of the molecule is CC[C@@]1(c2cccc(Cl)c2)NC(=O)N(C[NH+](C)Cc2ccc(Cl)s2)C1=O. The lowest BCUT2D eigenvalue weighted by Crippen LogP contribution is -3.09. The van der Waals surface area contributed by atoms with Gasteiger partial charge in [0, 0.05) is 5.02 Å². The van der Waals surface area contributed by atoms with Crippen molar-refractivity contribution in [3.8, 4) is 0 Å². The van der Waals surface area contributed by atoms with Gasteiger partial charge in [0.1, 0.15) is 12.1 Å². The van der Waals surface area contributed by atoms with Crippen LogP contribution in [0.3, 0.4) is 0 Å². The van der Waals surface area contributed by atoms with Gasteiger partial charge >= 0.3 is 6.03 Å². The zero-order valence-corrected chi connectivity index (χ0v) is 16.8. The van der Waals surface area contributed by atoms with Gasteiger partial charge in [-0.2, -0.15) is 0 Å². The van der Waals surface area contributed by atoms with E-state index in [0.29, 0.717) is 23.6 Å². The fraction of sp³-hybridized carbons (Fsp3) is 0.333. The molecule has 2 atom stereocenters. The largest absolute Gasteiger partial charge is 0.329 e. The molecule has 1 aromatic heterocycles. The molecule has 1 aliphatic rings. The molecule has 3 amide bonds. The summed E-state index contributed by atoms with van der Waals surface area (Å²) in [5, 5.41) is 3.42. The molecule has 138 valence electrons. The summed E-state index contributed by atoms with van der Waals surface area (Å²) in [6.07, 6.45) is 0.452. The summed E-state index contributed by atoms with van der Waals surface area (Å²) in [5.74, 6) is -0.240. The fourth-order valence-corrected chi connectivity index (χ4v) is 4.62. The Labute approximate surface area is 166 Å². The van der Waals surface area contributed by atoms with Gasteiger partial charge in [-0.3, -0.25) is 4.79 Å². The first-order valence-corrected chi connectivity index (χ1v) is 9.88. The highest BCUT2D eigenvalue weighted by molar-refractivity contribution is 7.16. The number of hydrogen-bond donors (Lipinski definition) is 2. The average molecular weight is 413 g/mol. The quantitative estimate of drug-likeness (QED) is 0.716. The minimum Gasteiger partial charge on any atom is -0.319 e. The number of nitrogens with one attached hydrogen (secondary N) is 2. The van der Waals surface area contributed by atoms with E-state index in [1.165, 1.54) is 16.2 Å². The van der Waals surface area contributed by atoms with Crippen molar-refractivity contribution in [2.24, 2.45) is 0 Å². The first-order valence-electron chi connectivity index (χ1n) is 8.31. The smallest absolute Gasteiger partial charge is 0.319 e. The first kappa shape index (κ1) is 19.2. The van der Waals surface area contributed by atoms with Crippen LogP contribution in [0.2, 0.25) is 9.36 Å². The second-order valence-electron chi connectivity index (χ2n) is 6.43. The van der Waals surface area contributed by atoms with Crippen LogP contribution in [0, 0.1) is 0 Å². The minimum absolute atomic E-state index is 0.240. The highest BCUT2D eigenvalue weighted by Crippen LogP contribution is 2.33. The van der Waals surface area contributed by atoms with E-state index in [0.717, 1.165) is 14.1 Å². The molecule has 1 aromatic carbocycles. The lowest BCUT2D eigenvalue weighted by molar-refractivity contribution is -0.900. The topological polar surface area (TPSA) is 53.9 Å². The van der Waals surface area contributed by atoms with E-state index >= 15 is 0 Å². The Balaban J connectivity index is 1.79. The van der Waals surface area contributed by atoms with Crippen LogP contribution in [-0.2, 0) is 16.9 Å². The number of nitrogens with zero attached hydrogens (tertiary/aromatic N) is 1. The van der Waals surface area contributed by atoms with Gasteiger partial charge in [0.2, 0.25) is 0 Å². The predicted octanol–water partition coefficient (Wildman–Crippen LogP) is 2.88. The molecule has 2 N–H and O–H groups in total. The normalized spacial score (nSPS) is 21.2. The Morgan fingerprint density at radius 2 is 2.00 bits per heavy atom. The van der Waals surface area contributed by atoms with Crippen LogP contribution >= 0.6 is 34.5 Å². The summed E-state index contributed by atoms with van der Waals surface area (Å²) in [6.45, 7) is 2.85. The van der Waals surface area contributed by atoms with Gasteiger partial charge in [0.05, 0.1) is 16.3 Å². The Kier molecular flexibility index (Phi) is 5.58. The summed E-state index contributed by atoms with van der Waals surface area (Å²) < 4.78 is 0.730. The third kappa shape index (κ3) is 3.60. The number of halogens is 2. The molecule has 3 rings (SSSR count). The number of carbonyl (C=O) groups excluding carboxylic acids is 2. The minimum atomic E-state index is -1.06. The van der Waals surface area contributed by atoms with Gasteiger partial charge in [-0.05, 0) is 36.2 Å². The van der Waals surface area contributed by atoms with E-state index in [4.69, 9.17) is 23.2 Å². The highest BCUT2D eigenvalue weighted by atomic mass is 35.5. The monoisotopic (exact) mass is 412 g/mol. The molecular weight excluding hydrogens is 393 g/mol. The van der Waals surface area contributed by atoms with E-state index in [-0.39, 0.29) is 18.6 Å². The number of amides is 3. The van der Waals surface area contributed by atoms with Gasteiger partial charge in [0.25, 0.3) is 5.91 Å². The summed E-state index contributed by atoms with van der Waals surface area (Å²) in [5.41, 5.74) is -0.356. The zero-order chi connectivity index (χ0) is 18.9. The Hall–Kier alpha value is -1.60. The molecule has 1 aliphatic heterocycles. The van der Waals surface area contributed by atoms with Crippen molar-refractivity contribution in [3.05, 3.63) is 56.2 Å². The molecule has 1 unspecified atom stereocenters. The Morgan fingerprint density at radius 3 is 2.62 bits per heavy atom. The van der Waals surface area contributed by atoms with E-state index in [2.05, 4.69) is 5.32 Å². The van der Waals surface area contributed by atoms with E-state index in [9.17, 15) is 9.59 Å². The van der Waals surface area contributed by atoms with Crippen molar-refractivity contribution >= 4 is 46.5 Å². The maximum absolute atomic E-state index is 13.1. The van der Waals surface area contributed by atoms with E-state index in [1.807, 2.05) is 32.2 Å². The average Bonchev–Trinajstić information content (AvgIpc) is 3.11. The highest BCUT2D eigenvalue weighted by Gasteiger charge is 2.52. The van der Waals surface area contributed by atoms with Crippen LogP contribution in [0.15, 0.2) is 36.4 Å². The number of thiophene rings is 1. The molecule has 0 spiro atoms. The third-order valence-electron chi connectivity index (χ3n) is 4.56. The summed E-state index contributed by atoms with van der Waals surface area (Å²) >= 11 is 13.6. The predicted molar refractivity (Wildman–Crippen MR) is 104 cm³/mol. The summed E-state index contributed by atoms with van der Waals surface area (Å²) in [4.78, 5) is 29.1. The van der Waals surface area contributed by atoms with Crippen molar-refractivity contribution in [1.29, 1.82) is 0 Å². The lowest BCUT2D eigenvalue weighted by atomic mass is 9.87. The molecule has 1 fully saturated rings. The van der Waals surface area contributed by atoms with Gasteiger partial charge in [-0.25, -0.2) is 9.69 Å². The molecule has 2 heterocycles. The van der Waals surface area contributed by atoms with Crippen LogP contribution < -0.4 is 10.2 Å². The molecule has 0 bridgehead atoms. The number of hydrogen-bond acceptors (Lipinski definition) is 3. The maximum atomic E-state index is 13.1. The van der Waals surface area contributed by atoms with Crippen molar-refractivity contribution in [2.45, 2.75) is 25.4 Å². The lowest BCUT2D eigenvalue weighted by Gasteiger charge is -2.26. The summed E-state index contributed by atoms with van der Waals surface area (Å²) in [7, 11) is 1.94. The molecule has 26 heavy (non-hydrogen) atoms. The Bertz CT molecular complexity index is 841. The number of benzene rings is 1. The molecule has 5 nitrogen and oxygen atoms in total. The molecule has 2 aromatic rings. The second-order valence-corrected chi connectivity index (χ2v) is 8.67. The maximum Gasteiger partial charge on any atom is 0.329 e. The molecule has 0 aliphatic carbocycles. The number of carbonyl (C=O) groups is 2. The number of urea groups is 1. The standard InChI is InChI=1S/C18H19Cl2N3O2S/c1-3-18(12-5-4-6-13(19)9-12)16(24)23(17(25)21-18)11-22(2)10-14-7-8-15(20)26-14/h4-9H,3,10-11H2,1-2H3,(H,21,25)/p+1/t18-/m0/s1. The second kappa shape index (κ2) is 7.56. The van der Waals surface area contributed by atoms with Crippen LogP contribution in [0.5, 0.6) is 0 Å². The molecule has 0 saturated carbocycles. The van der Waals surface area contributed by atoms with E-state index in [1.54, 1.807) is 18.2 Å². The molecular formula is C18H20Cl2N3O2S+. The molecule has 0 radical (unpaired) electrons. The molecule has 1 saturated heterocycles. The van der Waals surface area contributed by atoms with Crippen molar-refractivity contribution in [3.63, 3.8) is 0 Å². The van der Waals surface area contributed by atoms with Crippen LogP contribution in [0.25, 0.3) is 0 Å².